The highest BCUT2D eigenvalue weighted by Gasteiger charge is 2.26. The Hall–Kier alpha value is 0.100. The third kappa shape index (κ3) is 8.69. The van der Waals surface area contributed by atoms with Crippen LogP contribution in [0.1, 0.15) is 26.7 Å². The molecular formula is C9H17F3OS. The van der Waals surface area contributed by atoms with Crippen molar-refractivity contribution in [2.24, 2.45) is 5.41 Å². The van der Waals surface area contributed by atoms with Gasteiger partial charge in [-0.3, -0.25) is 0 Å². The van der Waals surface area contributed by atoms with Crippen molar-refractivity contribution in [1.29, 1.82) is 0 Å². The Balaban J connectivity index is 3.39. The summed E-state index contributed by atoms with van der Waals surface area (Å²) in [7, 11) is 0. The maximum Gasteiger partial charge on any atom is 0.389 e. The Labute approximate surface area is 88.4 Å². The summed E-state index contributed by atoms with van der Waals surface area (Å²) in [5, 5.41) is 0. The maximum absolute atomic E-state index is 11.7. The van der Waals surface area contributed by atoms with E-state index in [9.17, 15) is 13.2 Å². The lowest BCUT2D eigenvalue weighted by atomic mass is 9.98. The molecule has 0 aliphatic carbocycles. The van der Waals surface area contributed by atoms with Gasteiger partial charge in [0.25, 0.3) is 0 Å². The van der Waals surface area contributed by atoms with Crippen molar-refractivity contribution < 1.29 is 17.9 Å². The number of halogens is 3. The minimum atomic E-state index is -4.07. The van der Waals surface area contributed by atoms with Gasteiger partial charge in [-0.15, -0.1) is 0 Å². The number of hydrogen-bond acceptors (Lipinski definition) is 2. The molecule has 86 valence electrons. The molecule has 0 N–H and O–H groups in total. The highest BCUT2D eigenvalue weighted by atomic mass is 32.1. The maximum atomic E-state index is 11.7. The number of ether oxygens (including phenoxy) is 1. The standard InChI is InChI=1S/C9H17F3OS/c1-8(2,7-14)6-13-5-3-4-9(10,11)12/h14H,3-7H2,1-2H3. The van der Waals surface area contributed by atoms with Gasteiger partial charge in [-0.1, -0.05) is 13.8 Å². The lowest BCUT2D eigenvalue weighted by Crippen LogP contribution is -2.21. The zero-order chi connectivity index (χ0) is 11.2. The zero-order valence-electron chi connectivity index (χ0n) is 8.52. The van der Waals surface area contributed by atoms with Crippen molar-refractivity contribution in [3.05, 3.63) is 0 Å². The molecule has 0 aromatic carbocycles. The van der Waals surface area contributed by atoms with Crippen LogP contribution in [0.2, 0.25) is 0 Å². The summed E-state index contributed by atoms with van der Waals surface area (Å²) in [4.78, 5) is 0. The first-order valence-corrected chi connectivity index (χ1v) is 5.15. The molecule has 0 saturated heterocycles. The van der Waals surface area contributed by atoms with Gasteiger partial charge >= 0.3 is 6.18 Å². The molecule has 0 atom stereocenters. The zero-order valence-corrected chi connectivity index (χ0v) is 9.42. The molecule has 0 rings (SSSR count). The predicted molar refractivity (Wildman–Crippen MR) is 53.7 cm³/mol. The van der Waals surface area contributed by atoms with E-state index in [1.807, 2.05) is 13.8 Å². The molecule has 0 unspecified atom stereocenters. The van der Waals surface area contributed by atoms with E-state index in [1.54, 1.807) is 0 Å². The molecule has 0 bridgehead atoms. The first kappa shape index (κ1) is 14.1. The summed E-state index contributed by atoms with van der Waals surface area (Å²) in [5.41, 5.74) is -0.0681. The second-order valence-electron chi connectivity index (χ2n) is 4.09. The normalized spacial score (nSPS) is 13.3. The predicted octanol–water partition coefficient (Wildman–Crippen LogP) is 3.30. The second kappa shape index (κ2) is 5.85. The Morgan fingerprint density at radius 3 is 2.21 bits per heavy atom. The monoisotopic (exact) mass is 230 g/mol. The van der Waals surface area contributed by atoms with Crippen LogP contribution in [-0.2, 0) is 4.74 Å². The van der Waals surface area contributed by atoms with E-state index in [1.165, 1.54) is 0 Å². The molecule has 0 aliphatic rings. The Bertz CT molecular complexity index is 157. The van der Waals surface area contributed by atoms with E-state index < -0.39 is 12.6 Å². The lowest BCUT2D eigenvalue weighted by Gasteiger charge is -2.21. The largest absolute Gasteiger partial charge is 0.389 e. The van der Waals surface area contributed by atoms with Crippen LogP contribution in [-0.4, -0.2) is 25.1 Å². The van der Waals surface area contributed by atoms with E-state index in [4.69, 9.17) is 4.74 Å². The number of hydrogen-bond donors (Lipinski definition) is 1. The minimum absolute atomic E-state index is 0.0339. The summed E-state index contributed by atoms with van der Waals surface area (Å²) in [5.74, 6) is 0.659. The smallest absolute Gasteiger partial charge is 0.381 e. The summed E-state index contributed by atoms with van der Waals surface area (Å²) in [6.07, 6.45) is -4.80. The summed E-state index contributed by atoms with van der Waals surface area (Å²) >= 11 is 4.11. The highest BCUT2D eigenvalue weighted by molar-refractivity contribution is 7.80. The Kier molecular flexibility index (Phi) is 5.90. The molecule has 0 spiro atoms. The van der Waals surface area contributed by atoms with Crippen LogP contribution in [0.5, 0.6) is 0 Å². The van der Waals surface area contributed by atoms with Crippen molar-refractivity contribution in [2.45, 2.75) is 32.9 Å². The van der Waals surface area contributed by atoms with Gasteiger partial charge in [0, 0.05) is 13.0 Å². The number of thiol groups is 1. The van der Waals surface area contributed by atoms with Gasteiger partial charge in [0.2, 0.25) is 0 Å². The van der Waals surface area contributed by atoms with Crippen molar-refractivity contribution in [3.8, 4) is 0 Å². The van der Waals surface area contributed by atoms with E-state index in [0.29, 0.717) is 12.4 Å². The molecule has 5 heteroatoms. The minimum Gasteiger partial charge on any atom is -0.381 e. The summed E-state index contributed by atoms with van der Waals surface area (Å²) in [6.45, 7) is 4.54. The first-order valence-electron chi connectivity index (χ1n) is 4.52. The topological polar surface area (TPSA) is 9.23 Å². The number of rotatable bonds is 6. The number of alkyl halides is 3. The van der Waals surface area contributed by atoms with Gasteiger partial charge in [-0.05, 0) is 17.6 Å². The van der Waals surface area contributed by atoms with Crippen molar-refractivity contribution in [1.82, 2.24) is 0 Å². The van der Waals surface area contributed by atoms with E-state index in [2.05, 4.69) is 12.6 Å². The molecule has 0 fully saturated rings. The quantitative estimate of drug-likeness (QED) is 0.544. The van der Waals surface area contributed by atoms with Gasteiger partial charge in [-0.25, -0.2) is 0 Å². The van der Waals surface area contributed by atoms with Gasteiger partial charge < -0.3 is 4.74 Å². The van der Waals surface area contributed by atoms with Crippen LogP contribution in [0.3, 0.4) is 0 Å². The van der Waals surface area contributed by atoms with E-state index in [0.717, 1.165) is 0 Å². The van der Waals surface area contributed by atoms with E-state index in [-0.39, 0.29) is 18.4 Å². The summed E-state index contributed by atoms with van der Waals surface area (Å²) in [6, 6.07) is 0. The van der Waals surface area contributed by atoms with Crippen LogP contribution < -0.4 is 0 Å². The van der Waals surface area contributed by atoms with Crippen molar-refractivity contribution in [2.75, 3.05) is 19.0 Å². The van der Waals surface area contributed by atoms with Gasteiger partial charge in [0.05, 0.1) is 6.61 Å². The fourth-order valence-corrected chi connectivity index (χ4v) is 0.860. The second-order valence-corrected chi connectivity index (χ2v) is 4.41. The SMILES string of the molecule is CC(C)(CS)COCCCC(F)(F)F. The molecule has 0 amide bonds. The molecule has 0 heterocycles. The van der Waals surface area contributed by atoms with Gasteiger partial charge in [-0.2, -0.15) is 25.8 Å². The molecule has 14 heavy (non-hydrogen) atoms. The summed E-state index contributed by atoms with van der Waals surface area (Å²) < 4.78 is 40.3. The van der Waals surface area contributed by atoms with Crippen molar-refractivity contribution >= 4 is 12.6 Å². The fraction of sp³-hybridized carbons (Fsp3) is 1.00. The molecule has 1 nitrogen and oxygen atoms in total. The van der Waals surface area contributed by atoms with Crippen LogP contribution in [0.4, 0.5) is 13.2 Å². The highest BCUT2D eigenvalue weighted by Crippen LogP contribution is 2.22. The Morgan fingerprint density at radius 2 is 1.79 bits per heavy atom. The van der Waals surface area contributed by atoms with E-state index >= 15 is 0 Å². The third-order valence-corrected chi connectivity index (χ3v) is 2.53. The van der Waals surface area contributed by atoms with Crippen molar-refractivity contribution in [3.63, 3.8) is 0 Å². The van der Waals surface area contributed by atoms with Crippen LogP contribution >= 0.6 is 12.6 Å². The molecular weight excluding hydrogens is 213 g/mol. The Morgan fingerprint density at radius 1 is 1.21 bits per heavy atom. The van der Waals surface area contributed by atoms with Crippen LogP contribution in [0, 0.1) is 5.41 Å². The van der Waals surface area contributed by atoms with Crippen LogP contribution in [0.25, 0.3) is 0 Å². The molecule has 0 aromatic rings. The first-order chi connectivity index (χ1) is 6.27. The molecule has 0 aliphatic heterocycles. The van der Waals surface area contributed by atoms with Gasteiger partial charge in [0.1, 0.15) is 0 Å². The average molecular weight is 230 g/mol. The molecule has 0 saturated carbocycles. The molecule has 0 radical (unpaired) electrons. The van der Waals surface area contributed by atoms with Gasteiger partial charge in [0.15, 0.2) is 0 Å². The molecule has 0 aromatic heterocycles. The third-order valence-electron chi connectivity index (χ3n) is 1.67. The average Bonchev–Trinajstić information content (AvgIpc) is 2.01. The fourth-order valence-electron chi connectivity index (χ4n) is 0.769. The lowest BCUT2D eigenvalue weighted by molar-refractivity contribution is -0.138. The van der Waals surface area contributed by atoms with Crippen LogP contribution in [0.15, 0.2) is 0 Å².